The molecular formula is C17H17BrCl2O4. The number of hydrogen-bond donors (Lipinski definition) is 1. The Kier molecular flexibility index (Phi) is 6.48. The largest absolute Gasteiger partial charge is 0.465 e. The molecule has 0 amide bonds. The molecule has 3 atom stereocenters. The maximum absolute atomic E-state index is 12.6. The first-order chi connectivity index (χ1) is 11.3. The standard InChI is InChI=1S/C17H17BrCl2O4/c1-2-24-16(22)15-10(7-14(19)20)8-17(23,9-13(15)21)11-5-3-4-6-12(11)18/h3-7,10,15,23H,2,8-9H2,1H3. The third-order valence-corrected chi connectivity index (χ3v) is 5.01. The van der Waals surface area contributed by atoms with Gasteiger partial charge in [-0.05, 0) is 31.1 Å². The van der Waals surface area contributed by atoms with Crippen LogP contribution in [0, 0.1) is 11.8 Å². The van der Waals surface area contributed by atoms with Crippen LogP contribution in [0.4, 0.5) is 0 Å². The Bertz CT molecular complexity index is 672. The Balaban J connectivity index is 2.42. The topological polar surface area (TPSA) is 63.6 Å². The summed E-state index contributed by atoms with van der Waals surface area (Å²) >= 11 is 14.9. The van der Waals surface area contributed by atoms with Crippen LogP contribution >= 0.6 is 39.1 Å². The fourth-order valence-corrected chi connectivity index (χ4v) is 4.09. The van der Waals surface area contributed by atoms with Gasteiger partial charge in [0.2, 0.25) is 0 Å². The van der Waals surface area contributed by atoms with Gasteiger partial charge in [-0.25, -0.2) is 0 Å². The van der Waals surface area contributed by atoms with Crippen molar-refractivity contribution < 1.29 is 19.4 Å². The molecule has 2 rings (SSSR count). The van der Waals surface area contributed by atoms with Crippen molar-refractivity contribution in [2.75, 3.05) is 6.61 Å². The van der Waals surface area contributed by atoms with Crippen molar-refractivity contribution in [2.24, 2.45) is 11.8 Å². The minimum Gasteiger partial charge on any atom is -0.465 e. The number of hydrogen-bond acceptors (Lipinski definition) is 4. The average molecular weight is 436 g/mol. The smallest absolute Gasteiger partial charge is 0.317 e. The maximum atomic E-state index is 12.6. The summed E-state index contributed by atoms with van der Waals surface area (Å²) in [5.74, 6) is -2.67. The van der Waals surface area contributed by atoms with Gasteiger partial charge in [0.25, 0.3) is 0 Å². The number of aliphatic hydroxyl groups is 1. The number of allylic oxidation sites excluding steroid dienone is 1. The Morgan fingerprint density at radius 2 is 2.12 bits per heavy atom. The van der Waals surface area contributed by atoms with Crippen molar-refractivity contribution in [1.82, 2.24) is 0 Å². The molecule has 0 heterocycles. The molecule has 4 nitrogen and oxygen atoms in total. The summed E-state index contributed by atoms with van der Waals surface area (Å²) in [6.07, 6.45) is 1.38. The van der Waals surface area contributed by atoms with Crippen molar-refractivity contribution in [3.63, 3.8) is 0 Å². The number of ketones is 1. The van der Waals surface area contributed by atoms with Crippen LogP contribution in [0.1, 0.15) is 25.3 Å². The fraction of sp³-hybridized carbons (Fsp3) is 0.412. The number of halogens is 3. The van der Waals surface area contributed by atoms with Crippen LogP contribution in [0.5, 0.6) is 0 Å². The minimum atomic E-state index is -1.41. The van der Waals surface area contributed by atoms with E-state index >= 15 is 0 Å². The SMILES string of the molecule is CCOC(=O)C1C(=O)CC(O)(c2ccccc2Br)CC1C=C(Cl)Cl. The summed E-state index contributed by atoms with van der Waals surface area (Å²) in [7, 11) is 0. The molecule has 0 saturated heterocycles. The Hall–Kier alpha value is -0.880. The van der Waals surface area contributed by atoms with E-state index in [1.165, 1.54) is 6.08 Å². The minimum absolute atomic E-state index is 0.0570. The molecule has 1 aliphatic carbocycles. The molecule has 0 radical (unpaired) electrons. The number of rotatable bonds is 4. The molecule has 3 unspecified atom stereocenters. The van der Waals surface area contributed by atoms with E-state index in [-0.39, 0.29) is 23.9 Å². The molecule has 0 spiro atoms. The molecule has 24 heavy (non-hydrogen) atoms. The molecule has 0 aliphatic heterocycles. The molecule has 1 aromatic carbocycles. The number of carbonyl (C=O) groups is 2. The van der Waals surface area contributed by atoms with Gasteiger partial charge in [-0.3, -0.25) is 9.59 Å². The van der Waals surface area contributed by atoms with E-state index in [0.29, 0.717) is 10.0 Å². The summed E-state index contributed by atoms with van der Waals surface area (Å²) in [4.78, 5) is 24.8. The average Bonchev–Trinajstić information content (AvgIpc) is 2.46. The zero-order valence-electron chi connectivity index (χ0n) is 13.0. The first-order valence-corrected chi connectivity index (χ1v) is 9.03. The highest BCUT2D eigenvalue weighted by molar-refractivity contribution is 9.10. The van der Waals surface area contributed by atoms with Gasteiger partial charge in [0.15, 0.2) is 5.78 Å². The van der Waals surface area contributed by atoms with Crippen molar-refractivity contribution in [3.8, 4) is 0 Å². The van der Waals surface area contributed by atoms with Gasteiger partial charge in [-0.15, -0.1) is 0 Å². The Morgan fingerprint density at radius 1 is 1.46 bits per heavy atom. The predicted molar refractivity (Wildman–Crippen MR) is 95.7 cm³/mol. The summed E-state index contributed by atoms with van der Waals surface area (Å²) in [6.45, 7) is 1.84. The fourth-order valence-electron chi connectivity index (χ4n) is 3.12. The van der Waals surface area contributed by atoms with Crippen LogP contribution in [0.25, 0.3) is 0 Å². The van der Waals surface area contributed by atoms with Gasteiger partial charge in [0.05, 0.1) is 12.2 Å². The quantitative estimate of drug-likeness (QED) is 0.570. The summed E-state index contributed by atoms with van der Waals surface area (Å²) in [5, 5.41) is 11.1. The monoisotopic (exact) mass is 434 g/mol. The van der Waals surface area contributed by atoms with Gasteiger partial charge in [0.1, 0.15) is 10.4 Å². The zero-order chi connectivity index (χ0) is 17.9. The number of carbonyl (C=O) groups excluding carboxylic acids is 2. The van der Waals surface area contributed by atoms with Gasteiger partial charge < -0.3 is 9.84 Å². The second kappa shape index (κ2) is 8.00. The van der Waals surface area contributed by atoms with Crippen molar-refractivity contribution in [2.45, 2.75) is 25.4 Å². The van der Waals surface area contributed by atoms with Gasteiger partial charge in [0, 0.05) is 16.8 Å². The van der Waals surface area contributed by atoms with Crippen molar-refractivity contribution >= 4 is 50.9 Å². The summed E-state index contributed by atoms with van der Waals surface area (Å²) < 4.78 is 5.63. The lowest BCUT2D eigenvalue weighted by Gasteiger charge is -2.39. The van der Waals surface area contributed by atoms with E-state index in [2.05, 4.69) is 15.9 Å². The van der Waals surface area contributed by atoms with Gasteiger partial charge in [-0.2, -0.15) is 0 Å². The zero-order valence-corrected chi connectivity index (χ0v) is 16.1. The van der Waals surface area contributed by atoms with Crippen LogP contribution in [0.3, 0.4) is 0 Å². The molecule has 0 aromatic heterocycles. The molecule has 0 bridgehead atoms. The molecular weight excluding hydrogens is 419 g/mol. The maximum Gasteiger partial charge on any atom is 0.317 e. The summed E-state index contributed by atoms with van der Waals surface area (Å²) in [6, 6.07) is 7.12. The number of ether oxygens (including phenoxy) is 1. The van der Waals surface area contributed by atoms with Crippen LogP contribution in [0.15, 0.2) is 39.3 Å². The van der Waals surface area contributed by atoms with Gasteiger partial charge >= 0.3 is 5.97 Å². The molecule has 130 valence electrons. The van der Waals surface area contributed by atoms with Crippen LogP contribution in [0.2, 0.25) is 0 Å². The highest BCUT2D eigenvalue weighted by atomic mass is 79.9. The number of Topliss-reactive ketones (excluding diaryl/α,β-unsaturated/α-hetero) is 1. The third kappa shape index (κ3) is 4.20. The molecule has 1 aromatic rings. The predicted octanol–water partition coefficient (Wildman–Crippen LogP) is 4.11. The molecule has 1 aliphatic rings. The molecule has 1 fully saturated rings. The lowest BCUT2D eigenvalue weighted by Crippen LogP contribution is -2.46. The Morgan fingerprint density at radius 3 is 2.71 bits per heavy atom. The molecule has 7 heteroatoms. The second-order valence-corrected chi connectivity index (χ2v) is 7.57. The van der Waals surface area contributed by atoms with E-state index in [9.17, 15) is 14.7 Å². The second-order valence-electron chi connectivity index (χ2n) is 5.71. The van der Waals surface area contributed by atoms with E-state index in [0.717, 1.165) is 0 Å². The van der Waals surface area contributed by atoms with E-state index in [4.69, 9.17) is 27.9 Å². The highest BCUT2D eigenvalue weighted by Gasteiger charge is 2.49. The lowest BCUT2D eigenvalue weighted by atomic mass is 9.68. The van der Waals surface area contributed by atoms with Crippen LogP contribution < -0.4 is 0 Å². The van der Waals surface area contributed by atoms with Crippen LogP contribution in [-0.4, -0.2) is 23.5 Å². The normalized spacial score (nSPS) is 26.8. The first kappa shape index (κ1) is 19.4. The van der Waals surface area contributed by atoms with E-state index < -0.39 is 29.2 Å². The Labute approximate surface area is 158 Å². The lowest BCUT2D eigenvalue weighted by molar-refractivity contribution is -0.159. The highest BCUT2D eigenvalue weighted by Crippen LogP contribution is 2.44. The molecule has 1 N–H and O–H groups in total. The van der Waals surface area contributed by atoms with E-state index in [1.54, 1.807) is 25.1 Å². The molecule has 1 saturated carbocycles. The number of benzene rings is 1. The van der Waals surface area contributed by atoms with Crippen molar-refractivity contribution in [3.05, 3.63) is 44.9 Å². The summed E-state index contributed by atoms with van der Waals surface area (Å²) in [5.41, 5.74) is -0.824. The number of esters is 1. The third-order valence-electron chi connectivity index (χ3n) is 4.07. The first-order valence-electron chi connectivity index (χ1n) is 7.48. The van der Waals surface area contributed by atoms with Gasteiger partial charge in [-0.1, -0.05) is 57.3 Å². The van der Waals surface area contributed by atoms with Crippen LogP contribution in [-0.2, 0) is 19.9 Å². The van der Waals surface area contributed by atoms with E-state index in [1.807, 2.05) is 6.07 Å². The van der Waals surface area contributed by atoms with Crippen molar-refractivity contribution in [1.29, 1.82) is 0 Å².